The quantitative estimate of drug-likeness (QED) is 0.656. The van der Waals surface area contributed by atoms with E-state index in [1.807, 2.05) is 0 Å². The lowest BCUT2D eigenvalue weighted by Gasteiger charge is -2.07. The molecule has 0 saturated carbocycles. The molecule has 0 aliphatic carbocycles. The summed E-state index contributed by atoms with van der Waals surface area (Å²) in [7, 11) is 0. The van der Waals surface area contributed by atoms with Crippen molar-refractivity contribution < 1.29 is 10.2 Å². The molecule has 14 heavy (non-hydrogen) atoms. The van der Waals surface area contributed by atoms with Gasteiger partial charge >= 0.3 is 0 Å². The number of aliphatic hydroxyl groups is 2. The molecule has 1 atom stereocenters. The van der Waals surface area contributed by atoms with Crippen LogP contribution in [0.4, 0.5) is 0 Å². The van der Waals surface area contributed by atoms with Crippen molar-refractivity contribution >= 4 is 11.3 Å². The van der Waals surface area contributed by atoms with E-state index in [4.69, 9.17) is 10.2 Å². The number of hydrogen-bond acceptors (Lipinski definition) is 4. The van der Waals surface area contributed by atoms with Gasteiger partial charge in [0.1, 0.15) is 0 Å². The fourth-order valence-electron chi connectivity index (χ4n) is 1.13. The van der Waals surface area contributed by atoms with Crippen LogP contribution in [0, 0.1) is 0 Å². The first-order valence-corrected chi connectivity index (χ1v) is 5.65. The predicted molar refractivity (Wildman–Crippen MR) is 58.5 cm³/mol. The molecular formula is C10H17NO2S. The van der Waals surface area contributed by atoms with Gasteiger partial charge in [-0.15, -0.1) is 11.3 Å². The van der Waals surface area contributed by atoms with Crippen molar-refractivity contribution in [3.63, 3.8) is 0 Å². The van der Waals surface area contributed by atoms with Crippen molar-refractivity contribution in [2.45, 2.75) is 26.0 Å². The van der Waals surface area contributed by atoms with E-state index in [9.17, 15) is 0 Å². The lowest BCUT2D eigenvalue weighted by molar-refractivity contribution is 0.0943. The van der Waals surface area contributed by atoms with Crippen LogP contribution in [0.2, 0.25) is 0 Å². The van der Waals surface area contributed by atoms with Gasteiger partial charge in [0, 0.05) is 22.8 Å². The highest BCUT2D eigenvalue weighted by Crippen LogP contribution is 2.16. The maximum Gasteiger partial charge on any atom is 0.0895 e. The number of aliphatic hydroxyl groups excluding tert-OH is 2. The van der Waals surface area contributed by atoms with Crippen LogP contribution in [0.15, 0.2) is 12.1 Å². The molecule has 4 heteroatoms. The molecule has 0 amide bonds. The Morgan fingerprint density at radius 3 is 2.71 bits per heavy atom. The molecule has 0 saturated heterocycles. The Morgan fingerprint density at radius 1 is 1.43 bits per heavy atom. The first kappa shape index (κ1) is 11.7. The second-order valence-electron chi connectivity index (χ2n) is 3.19. The Balaban J connectivity index is 2.24. The second-order valence-corrected chi connectivity index (χ2v) is 4.44. The average molecular weight is 215 g/mol. The van der Waals surface area contributed by atoms with Gasteiger partial charge in [-0.3, -0.25) is 0 Å². The van der Waals surface area contributed by atoms with Crippen LogP contribution in [0.1, 0.15) is 16.7 Å². The second kappa shape index (κ2) is 6.14. The van der Waals surface area contributed by atoms with Gasteiger partial charge < -0.3 is 15.5 Å². The molecule has 80 valence electrons. The molecule has 0 aromatic carbocycles. The topological polar surface area (TPSA) is 52.5 Å². The van der Waals surface area contributed by atoms with Gasteiger partial charge in [0.15, 0.2) is 0 Å². The van der Waals surface area contributed by atoms with Gasteiger partial charge in [-0.05, 0) is 18.6 Å². The molecule has 1 heterocycles. The molecule has 3 N–H and O–H groups in total. The van der Waals surface area contributed by atoms with Crippen molar-refractivity contribution in [1.29, 1.82) is 0 Å². The molecule has 1 aromatic rings. The summed E-state index contributed by atoms with van der Waals surface area (Å²) in [6.07, 6.45) is 0.421. The highest BCUT2D eigenvalue weighted by atomic mass is 32.1. The summed E-state index contributed by atoms with van der Waals surface area (Å²) in [6.45, 7) is 3.16. The van der Waals surface area contributed by atoms with Crippen LogP contribution in [0.5, 0.6) is 0 Å². The summed E-state index contributed by atoms with van der Waals surface area (Å²) in [6, 6.07) is 4.23. The maximum absolute atomic E-state index is 9.08. The van der Waals surface area contributed by atoms with Crippen LogP contribution in [-0.4, -0.2) is 29.5 Å². The zero-order valence-corrected chi connectivity index (χ0v) is 9.18. The normalized spacial score (nSPS) is 13.1. The lowest BCUT2D eigenvalue weighted by atomic mass is 10.3. The van der Waals surface area contributed by atoms with Gasteiger partial charge in [-0.1, -0.05) is 6.92 Å². The van der Waals surface area contributed by atoms with E-state index in [2.05, 4.69) is 24.4 Å². The van der Waals surface area contributed by atoms with Crippen molar-refractivity contribution in [3.8, 4) is 0 Å². The molecular weight excluding hydrogens is 198 g/mol. The largest absolute Gasteiger partial charge is 0.394 e. The monoisotopic (exact) mass is 215 g/mol. The molecule has 0 fully saturated rings. The van der Waals surface area contributed by atoms with Crippen molar-refractivity contribution in [2.75, 3.05) is 13.2 Å². The number of aryl methyl sites for hydroxylation is 1. The highest BCUT2D eigenvalue weighted by Gasteiger charge is 2.02. The third kappa shape index (κ3) is 3.75. The van der Waals surface area contributed by atoms with Crippen molar-refractivity contribution in [3.05, 3.63) is 21.9 Å². The van der Waals surface area contributed by atoms with Crippen LogP contribution in [0.25, 0.3) is 0 Å². The maximum atomic E-state index is 9.08. The number of hydrogen-bond donors (Lipinski definition) is 3. The standard InChI is InChI=1S/C10H17NO2S/c1-2-9-3-4-10(14-9)6-11-5-8(13)7-12/h3-4,8,11-13H,2,5-7H2,1H3. The van der Waals surface area contributed by atoms with E-state index < -0.39 is 6.10 Å². The van der Waals surface area contributed by atoms with Gasteiger partial charge in [-0.2, -0.15) is 0 Å². The smallest absolute Gasteiger partial charge is 0.0895 e. The molecule has 0 spiro atoms. The minimum Gasteiger partial charge on any atom is -0.394 e. The summed E-state index contributed by atoms with van der Waals surface area (Å²) in [4.78, 5) is 2.65. The molecule has 0 aliphatic heterocycles. The minimum absolute atomic E-state index is 0.183. The summed E-state index contributed by atoms with van der Waals surface area (Å²) in [5.74, 6) is 0. The Morgan fingerprint density at radius 2 is 2.14 bits per heavy atom. The molecule has 3 nitrogen and oxygen atoms in total. The summed E-state index contributed by atoms with van der Waals surface area (Å²) >= 11 is 1.79. The van der Waals surface area contributed by atoms with Gasteiger partial charge in [0.25, 0.3) is 0 Å². The molecule has 1 aromatic heterocycles. The average Bonchev–Trinajstić information content (AvgIpc) is 2.65. The Kier molecular flexibility index (Phi) is 5.11. The van der Waals surface area contributed by atoms with Crippen molar-refractivity contribution in [2.24, 2.45) is 0 Å². The van der Waals surface area contributed by atoms with Crippen LogP contribution in [0.3, 0.4) is 0 Å². The lowest BCUT2D eigenvalue weighted by Crippen LogP contribution is -2.28. The number of rotatable bonds is 6. The summed E-state index contributed by atoms with van der Waals surface area (Å²) < 4.78 is 0. The molecule has 1 unspecified atom stereocenters. The van der Waals surface area contributed by atoms with E-state index >= 15 is 0 Å². The van der Waals surface area contributed by atoms with Crippen LogP contribution >= 0.6 is 11.3 Å². The first-order valence-electron chi connectivity index (χ1n) is 4.83. The van der Waals surface area contributed by atoms with Gasteiger partial charge in [0.2, 0.25) is 0 Å². The van der Waals surface area contributed by atoms with E-state index in [0.717, 1.165) is 13.0 Å². The van der Waals surface area contributed by atoms with Crippen LogP contribution in [-0.2, 0) is 13.0 Å². The fraction of sp³-hybridized carbons (Fsp3) is 0.600. The molecule has 1 rings (SSSR count). The molecule has 0 aliphatic rings. The first-order chi connectivity index (χ1) is 6.76. The predicted octanol–water partition coefficient (Wildman–Crippen LogP) is 0.753. The fourth-order valence-corrected chi connectivity index (χ4v) is 2.06. The third-order valence-corrected chi connectivity index (χ3v) is 3.19. The highest BCUT2D eigenvalue weighted by molar-refractivity contribution is 7.11. The van der Waals surface area contributed by atoms with Crippen molar-refractivity contribution in [1.82, 2.24) is 5.32 Å². The zero-order valence-electron chi connectivity index (χ0n) is 8.36. The van der Waals surface area contributed by atoms with Gasteiger partial charge in [0.05, 0.1) is 12.7 Å². The SMILES string of the molecule is CCc1ccc(CNCC(O)CO)s1. The van der Waals surface area contributed by atoms with Crippen LogP contribution < -0.4 is 5.32 Å². The zero-order chi connectivity index (χ0) is 10.4. The summed E-state index contributed by atoms with van der Waals surface area (Å²) in [5.41, 5.74) is 0. The van der Waals surface area contributed by atoms with E-state index in [0.29, 0.717) is 6.54 Å². The summed E-state index contributed by atoms with van der Waals surface area (Å²) in [5, 5.41) is 20.8. The molecule has 0 radical (unpaired) electrons. The Labute approximate surface area is 88.4 Å². The van der Waals surface area contributed by atoms with E-state index in [-0.39, 0.29) is 6.61 Å². The minimum atomic E-state index is -0.652. The van der Waals surface area contributed by atoms with Gasteiger partial charge in [-0.25, -0.2) is 0 Å². The van der Waals surface area contributed by atoms with E-state index in [1.54, 1.807) is 11.3 Å². The van der Waals surface area contributed by atoms with E-state index in [1.165, 1.54) is 9.75 Å². The number of nitrogens with one attached hydrogen (secondary N) is 1. The Hall–Kier alpha value is -0.420. The third-order valence-electron chi connectivity index (χ3n) is 1.96. The Bertz CT molecular complexity index is 262. The molecule has 0 bridgehead atoms. The number of thiophene rings is 1.